The Morgan fingerprint density at radius 2 is 1.89 bits per heavy atom. The van der Waals surface area contributed by atoms with Gasteiger partial charge in [0.15, 0.2) is 0 Å². The van der Waals surface area contributed by atoms with Crippen LogP contribution in [0.4, 0.5) is 0 Å². The van der Waals surface area contributed by atoms with E-state index in [1.54, 1.807) is 0 Å². The summed E-state index contributed by atoms with van der Waals surface area (Å²) in [7, 11) is 0. The largest absolute Gasteiger partial charge is 0.378 e. The SMILES string of the molecule is CCCOC1CCC(C)(N2CCC(n3c(=O)[nH]c4ccc(C)cc43)CC2)CC1. The smallest absolute Gasteiger partial charge is 0.326 e. The number of nitrogens with one attached hydrogen (secondary N) is 1. The molecule has 0 spiro atoms. The molecule has 0 atom stereocenters. The van der Waals surface area contributed by atoms with Gasteiger partial charge in [0, 0.05) is 31.3 Å². The minimum Gasteiger partial charge on any atom is -0.378 e. The fourth-order valence-corrected chi connectivity index (χ4v) is 5.24. The minimum absolute atomic E-state index is 0.0406. The third-order valence-electron chi connectivity index (χ3n) is 7.03. The second-order valence-electron chi connectivity index (χ2n) is 9.11. The summed E-state index contributed by atoms with van der Waals surface area (Å²) in [4.78, 5) is 18.3. The van der Waals surface area contributed by atoms with E-state index >= 15 is 0 Å². The average Bonchev–Trinajstić information content (AvgIpc) is 3.02. The highest BCUT2D eigenvalue weighted by Crippen LogP contribution is 2.38. The van der Waals surface area contributed by atoms with Crippen LogP contribution in [0, 0.1) is 6.92 Å². The highest BCUT2D eigenvalue weighted by Gasteiger charge is 2.38. The predicted molar refractivity (Wildman–Crippen MR) is 114 cm³/mol. The molecule has 1 saturated carbocycles. The molecule has 5 heteroatoms. The lowest BCUT2D eigenvalue weighted by molar-refractivity contribution is -0.0305. The van der Waals surface area contributed by atoms with Gasteiger partial charge in [-0.1, -0.05) is 13.0 Å². The van der Waals surface area contributed by atoms with E-state index in [2.05, 4.69) is 42.8 Å². The molecule has 4 rings (SSSR count). The molecule has 2 fully saturated rings. The Morgan fingerprint density at radius 3 is 2.57 bits per heavy atom. The number of piperidine rings is 1. The van der Waals surface area contributed by atoms with Crippen molar-refractivity contribution in [2.75, 3.05) is 19.7 Å². The number of nitrogens with zero attached hydrogens (tertiary/aromatic N) is 2. The zero-order chi connectivity index (χ0) is 19.7. The van der Waals surface area contributed by atoms with Crippen LogP contribution in [0.3, 0.4) is 0 Å². The lowest BCUT2D eigenvalue weighted by atomic mass is 9.79. The van der Waals surface area contributed by atoms with Gasteiger partial charge in [0.05, 0.1) is 17.1 Å². The molecule has 0 bridgehead atoms. The number of fused-ring (bicyclic) bond motifs is 1. The van der Waals surface area contributed by atoms with Crippen molar-refractivity contribution in [2.24, 2.45) is 0 Å². The van der Waals surface area contributed by atoms with Gasteiger partial charge in [0.1, 0.15) is 0 Å². The highest BCUT2D eigenvalue weighted by atomic mass is 16.5. The van der Waals surface area contributed by atoms with E-state index in [1.165, 1.54) is 31.2 Å². The van der Waals surface area contributed by atoms with Crippen LogP contribution in [-0.4, -0.2) is 45.8 Å². The number of aryl methyl sites for hydroxylation is 1. The number of aromatic amines is 1. The summed E-state index contributed by atoms with van der Waals surface area (Å²) in [6.07, 6.45) is 8.46. The third-order valence-corrected chi connectivity index (χ3v) is 7.03. The van der Waals surface area contributed by atoms with Gasteiger partial charge in [-0.05, 0) is 76.5 Å². The molecule has 1 aliphatic heterocycles. The molecule has 1 aliphatic carbocycles. The van der Waals surface area contributed by atoms with E-state index in [1.807, 2.05) is 10.6 Å². The van der Waals surface area contributed by atoms with E-state index in [4.69, 9.17) is 4.74 Å². The number of aromatic nitrogens is 2. The molecule has 1 N–H and O–H groups in total. The molecule has 154 valence electrons. The van der Waals surface area contributed by atoms with Crippen molar-refractivity contribution in [2.45, 2.75) is 83.4 Å². The number of ether oxygens (including phenoxy) is 1. The normalized spacial score (nSPS) is 27.5. The van der Waals surface area contributed by atoms with Crippen LogP contribution in [0.2, 0.25) is 0 Å². The van der Waals surface area contributed by atoms with Gasteiger partial charge in [-0.2, -0.15) is 0 Å². The Balaban J connectivity index is 1.41. The first kappa shape index (κ1) is 19.7. The summed E-state index contributed by atoms with van der Waals surface area (Å²) >= 11 is 0. The van der Waals surface area contributed by atoms with Crippen LogP contribution >= 0.6 is 0 Å². The summed E-state index contributed by atoms with van der Waals surface area (Å²) in [6.45, 7) is 9.75. The molecule has 1 aromatic heterocycles. The van der Waals surface area contributed by atoms with Crippen molar-refractivity contribution >= 4 is 11.0 Å². The van der Waals surface area contributed by atoms with E-state index in [-0.39, 0.29) is 5.69 Å². The third kappa shape index (κ3) is 3.79. The number of hydrogen-bond donors (Lipinski definition) is 1. The Morgan fingerprint density at radius 1 is 1.18 bits per heavy atom. The average molecular weight is 386 g/mol. The molecule has 2 aliphatic rings. The molecule has 1 saturated heterocycles. The molecule has 0 amide bonds. The van der Waals surface area contributed by atoms with Crippen LogP contribution < -0.4 is 5.69 Å². The molecular formula is C23H35N3O2. The van der Waals surface area contributed by atoms with Crippen LogP contribution in [0.15, 0.2) is 23.0 Å². The zero-order valence-corrected chi connectivity index (χ0v) is 17.7. The van der Waals surface area contributed by atoms with E-state index in [0.29, 0.717) is 17.7 Å². The van der Waals surface area contributed by atoms with E-state index < -0.39 is 0 Å². The molecule has 5 nitrogen and oxygen atoms in total. The lowest BCUT2D eigenvalue weighted by Gasteiger charge is -2.48. The quantitative estimate of drug-likeness (QED) is 0.830. The summed E-state index contributed by atoms with van der Waals surface area (Å²) in [5, 5.41) is 0. The first-order valence-corrected chi connectivity index (χ1v) is 11.1. The number of imidazole rings is 1. The van der Waals surface area contributed by atoms with Crippen molar-refractivity contribution in [3.05, 3.63) is 34.2 Å². The zero-order valence-electron chi connectivity index (χ0n) is 17.7. The number of likely N-dealkylation sites (tertiary alicyclic amines) is 1. The maximum Gasteiger partial charge on any atom is 0.326 e. The maximum absolute atomic E-state index is 12.6. The standard InChI is InChI=1S/C23H35N3O2/c1-4-15-28-19-7-11-23(3,12-8-19)25-13-9-18(10-14-25)26-21-16-17(2)5-6-20(21)24-22(26)27/h5-6,16,18-19H,4,7-15H2,1-3H3,(H,24,27). The number of rotatable bonds is 5. The topological polar surface area (TPSA) is 50.3 Å². The van der Waals surface area contributed by atoms with Crippen LogP contribution in [0.5, 0.6) is 0 Å². The van der Waals surface area contributed by atoms with Gasteiger partial charge < -0.3 is 9.72 Å². The van der Waals surface area contributed by atoms with Crippen LogP contribution in [-0.2, 0) is 4.74 Å². The van der Waals surface area contributed by atoms with Crippen molar-refractivity contribution in [1.82, 2.24) is 14.5 Å². The highest BCUT2D eigenvalue weighted by molar-refractivity contribution is 5.76. The van der Waals surface area contributed by atoms with Gasteiger partial charge in [-0.25, -0.2) is 4.79 Å². The van der Waals surface area contributed by atoms with Crippen molar-refractivity contribution in [3.8, 4) is 0 Å². The first-order valence-electron chi connectivity index (χ1n) is 11.1. The van der Waals surface area contributed by atoms with Crippen molar-refractivity contribution in [3.63, 3.8) is 0 Å². The molecule has 2 heterocycles. The summed E-state index contributed by atoms with van der Waals surface area (Å²) in [5.41, 5.74) is 3.54. The second kappa shape index (κ2) is 8.03. The monoisotopic (exact) mass is 385 g/mol. The molecular weight excluding hydrogens is 350 g/mol. The molecule has 0 unspecified atom stereocenters. The Bertz CT molecular complexity index is 852. The minimum atomic E-state index is 0.0406. The van der Waals surface area contributed by atoms with Gasteiger partial charge in [-0.15, -0.1) is 0 Å². The van der Waals surface area contributed by atoms with Crippen molar-refractivity contribution < 1.29 is 4.74 Å². The van der Waals surface area contributed by atoms with Gasteiger partial charge in [-0.3, -0.25) is 9.47 Å². The Labute approximate surface area is 168 Å². The fourth-order valence-electron chi connectivity index (χ4n) is 5.24. The number of hydrogen-bond acceptors (Lipinski definition) is 3. The van der Waals surface area contributed by atoms with E-state index in [0.717, 1.165) is 50.0 Å². The number of benzene rings is 1. The van der Waals surface area contributed by atoms with Gasteiger partial charge in [0.2, 0.25) is 0 Å². The fraction of sp³-hybridized carbons (Fsp3) is 0.696. The predicted octanol–water partition coefficient (Wildman–Crippen LogP) is 4.40. The van der Waals surface area contributed by atoms with Crippen LogP contribution in [0.25, 0.3) is 11.0 Å². The Hall–Kier alpha value is -1.59. The molecule has 28 heavy (non-hydrogen) atoms. The van der Waals surface area contributed by atoms with E-state index in [9.17, 15) is 4.79 Å². The molecule has 1 aromatic carbocycles. The van der Waals surface area contributed by atoms with Gasteiger partial charge >= 0.3 is 5.69 Å². The second-order valence-corrected chi connectivity index (χ2v) is 9.11. The molecule has 2 aromatic rings. The van der Waals surface area contributed by atoms with Crippen LogP contribution in [0.1, 0.15) is 70.4 Å². The van der Waals surface area contributed by atoms with Crippen molar-refractivity contribution in [1.29, 1.82) is 0 Å². The number of H-pyrrole nitrogens is 1. The summed E-state index contributed by atoms with van der Waals surface area (Å²) < 4.78 is 7.99. The summed E-state index contributed by atoms with van der Waals surface area (Å²) in [5.74, 6) is 0. The lowest BCUT2D eigenvalue weighted by Crippen LogP contribution is -2.53. The summed E-state index contributed by atoms with van der Waals surface area (Å²) in [6, 6.07) is 6.52. The Kier molecular flexibility index (Phi) is 5.66. The van der Waals surface area contributed by atoms with Gasteiger partial charge in [0.25, 0.3) is 0 Å². The molecule has 0 radical (unpaired) electrons. The maximum atomic E-state index is 12.6. The first-order chi connectivity index (χ1) is 13.5.